The van der Waals surface area contributed by atoms with Gasteiger partial charge >= 0.3 is 0 Å². The van der Waals surface area contributed by atoms with Gasteiger partial charge in [-0.15, -0.1) is 11.8 Å². The third-order valence-corrected chi connectivity index (χ3v) is 4.45. The molecular weight excluding hydrogens is 244 g/mol. The molecule has 1 atom stereocenters. The number of fused-ring (bicyclic) bond motifs is 1. The van der Waals surface area contributed by atoms with Crippen LogP contribution in [0.25, 0.3) is 0 Å². The molecule has 2 rings (SSSR count). The highest BCUT2D eigenvalue weighted by Crippen LogP contribution is 2.34. The van der Waals surface area contributed by atoms with Crippen LogP contribution in [0.1, 0.15) is 19.8 Å². The van der Waals surface area contributed by atoms with E-state index in [0.717, 1.165) is 24.4 Å². The standard InChI is InChI=1S/C14H20N2OS/c1-2-11(10-15)9-14(17)16-7-8-18-13-6-4-3-5-12(13)16/h3-6,11H,2,7-10,15H2,1H3. The first-order chi connectivity index (χ1) is 8.76. The molecule has 0 aliphatic carbocycles. The number of rotatable bonds is 4. The van der Waals surface area contributed by atoms with E-state index in [2.05, 4.69) is 13.0 Å². The first-order valence-corrected chi connectivity index (χ1v) is 7.47. The minimum atomic E-state index is 0.208. The predicted molar refractivity (Wildman–Crippen MR) is 77.0 cm³/mol. The summed E-state index contributed by atoms with van der Waals surface area (Å²) in [4.78, 5) is 15.5. The van der Waals surface area contributed by atoms with E-state index in [1.807, 2.05) is 34.9 Å². The molecule has 2 N–H and O–H groups in total. The molecule has 0 bridgehead atoms. The monoisotopic (exact) mass is 264 g/mol. The van der Waals surface area contributed by atoms with Crippen molar-refractivity contribution in [1.82, 2.24) is 0 Å². The van der Waals surface area contributed by atoms with Gasteiger partial charge in [0.2, 0.25) is 5.91 Å². The summed E-state index contributed by atoms with van der Waals surface area (Å²) in [7, 11) is 0. The normalized spacial score (nSPS) is 16.2. The van der Waals surface area contributed by atoms with Crippen molar-refractivity contribution in [3.8, 4) is 0 Å². The first kappa shape index (κ1) is 13.4. The largest absolute Gasteiger partial charge is 0.330 e. The van der Waals surface area contributed by atoms with Crippen LogP contribution in [0.4, 0.5) is 5.69 Å². The van der Waals surface area contributed by atoms with Crippen LogP contribution >= 0.6 is 11.8 Å². The summed E-state index contributed by atoms with van der Waals surface area (Å²) in [5, 5.41) is 0. The zero-order chi connectivity index (χ0) is 13.0. The number of nitrogens with zero attached hydrogens (tertiary/aromatic N) is 1. The number of nitrogens with two attached hydrogens (primary N) is 1. The molecule has 3 nitrogen and oxygen atoms in total. The number of benzene rings is 1. The van der Waals surface area contributed by atoms with Gasteiger partial charge in [-0.1, -0.05) is 25.5 Å². The fraction of sp³-hybridized carbons (Fsp3) is 0.500. The number of para-hydroxylation sites is 1. The van der Waals surface area contributed by atoms with E-state index >= 15 is 0 Å². The number of hydrogen-bond donors (Lipinski definition) is 1. The van der Waals surface area contributed by atoms with Crippen LogP contribution in [0, 0.1) is 5.92 Å². The molecule has 1 unspecified atom stereocenters. The lowest BCUT2D eigenvalue weighted by atomic mass is 10.0. The average molecular weight is 264 g/mol. The van der Waals surface area contributed by atoms with E-state index in [0.29, 0.717) is 18.9 Å². The zero-order valence-corrected chi connectivity index (χ0v) is 11.6. The van der Waals surface area contributed by atoms with Crippen molar-refractivity contribution in [3.05, 3.63) is 24.3 Å². The van der Waals surface area contributed by atoms with Crippen LogP contribution in [0.5, 0.6) is 0 Å². The Bertz CT molecular complexity index is 418. The van der Waals surface area contributed by atoms with E-state index in [9.17, 15) is 4.79 Å². The molecule has 0 aromatic heterocycles. The Hall–Kier alpha value is -1.00. The molecule has 18 heavy (non-hydrogen) atoms. The quantitative estimate of drug-likeness (QED) is 0.909. The summed E-state index contributed by atoms with van der Waals surface area (Å²) in [5.74, 6) is 1.49. The minimum Gasteiger partial charge on any atom is -0.330 e. The van der Waals surface area contributed by atoms with Gasteiger partial charge in [-0.2, -0.15) is 0 Å². The third-order valence-electron chi connectivity index (χ3n) is 3.40. The fourth-order valence-electron chi connectivity index (χ4n) is 2.18. The second-order valence-corrected chi connectivity index (χ2v) is 5.71. The number of hydrogen-bond acceptors (Lipinski definition) is 3. The lowest BCUT2D eigenvalue weighted by Gasteiger charge is -2.30. The van der Waals surface area contributed by atoms with E-state index in [1.54, 1.807) is 0 Å². The molecule has 1 aromatic rings. The van der Waals surface area contributed by atoms with Crippen LogP contribution < -0.4 is 10.6 Å². The SMILES string of the molecule is CCC(CN)CC(=O)N1CCSc2ccccc21. The Morgan fingerprint density at radius 1 is 1.50 bits per heavy atom. The van der Waals surface area contributed by atoms with Crippen LogP contribution in [-0.2, 0) is 4.79 Å². The molecule has 0 saturated carbocycles. The molecule has 4 heteroatoms. The molecule has 0 spiro atoms. The molecule has 0 radical (unpaired) electrons. The summed E-state index contributed by atoms with van der Waals surface area (Å²) in [6, 6.07) is 8.13. The van der Waals surface area contributed by atoms with Gasteiger partial charge in [0, 0.05) is 23.6 Å². The van der Waals surface area contributed by atoms with Crippen molar-refractivity contribution in [1.29, 1.82) is 0 Å². The molecule has 98 valence electrons. The molecule has 1 heterocycles. The topological polar surface area (TPSA) is 46.3 Å². The van der Waals surface area contributed by atoms with Crippen molar-refractivity contribution >= 4 is 23.4 Å². The van der Waals surface area contributed by atoms with Crippen molar-refractivity contribution < 1.29 is 4.79 Å². The minimum absolute atomic E-state index is 0.208. The Morgan fingerprint density at radius 3 is 3.00 bits per heavy atom. The van der Waals surface area contributed by atoms with Gasteiger partial charge < -0.3 is 10.6 Å². The van der Waals surface area contributed by atoms with Gasteiger partial charge in [-0.25, -0.2) is 0 Å². The second-order valence-electron chi connectivity index (χ2n) is 4.58. The molecular formula is C14H20N2OS. The number of amides is 1. The average Bonchev–Trinajstić information content (AvgIpc) is 2.43. The maximum absolute atomic E-state index is 12.4. The lowest BCUT2D eigenvalue weighted by molar-refractivity contribution is -0.119. The van der Waals surface area contributed by atoms with Crippen molar-refractivity contribution in [3.63, 3.8) is 0 Å². The fourth-order valence-corrected chi connectivity index (χ4v) is 3.17. The highest BCUT2D eigenvalue weighted by Gasteiger charge is 2.23. The smallest absolute Gasteiger partial charge is 0.227 e. The van der Waals surface area contributed by atoms with E-state index in [1.165, 1.54) is 4.90 Å². The third kappa shape index (κ3) is 2.87. The molecule has 1 amide bonds. The van der Waals surface area contributed by atoms with Crippen LogP contribution in [-0.4, -0.2) is 24.7 Å². The van der Waals surface area contributed by atoms with Crippen LogP contribution in [0.15, 0.2) is 29.2 Å². The van der Waals surface area contributed by atoms with Crippen molar-refractivity contribution in [2.75, 3.05) is 23.7 Å². The van der Waals surface area contributed by atoms with Gasteiger partial charge in [-0.3, -0.25) is 4.79 Å². The van der Waals surface area contributed by atoms with E-state index in [-0.39, 0.29) is 5.91 Å². The molecule has 0 saturated heterocycles. The molecule has 1 aromatic carbocycles. The van der Waals surface area contributed by atoms with Gasteiger partial charge in [0.1, 0.15) is 0 Å². The maximum atomic E-state index is 12.4. The van der Waals surface area contributed by atoms with Crippen molar-refractivity contribution in [2.24, 2.45) is 11.7 Å². The Labute approximate surface area is 113 Å². The Morgan fingerprint density at radius 2 is 2.28 bits per heavy atom. The van der Waals surface area contributed by atoms with Gasteiger partial charge in [-0.05, 0) is 24.6 Å². The molecule has 0 fully saturated rings. The number of carbonyl (C=O) groups is 1. The van der Waals surface area contributed by atoms with E-state index < -0.39 is 0 Å². The van der Waals surface area contributed by atoms with E-state index in [4.69, 9.17) is 5.73 Å². The first-order valence-electron chi connectivity index (χ1n) is 6.48. The molecule has 1 aliphatic rings. The lowest BCUT2D eigenvalue weighted by Crippen LogP contribution is -2.37. The van der Waals surface area contributed by atoms with Gasteiger partial charge in [0.05, 0.1) is 5.69 Å². The summed E-state index contributed by atoms with van der Waals surface area (Å²) >= 11 is 1.82. The highest BCUT2D eigenvalue weighted by atomic mass is 32.2. The summed E-state index contributed by atoms with van der Waals surface area (Å²) in [6.07, 6.45) is 1.53. The Kier molecular flexibility index (Phi) is 4.66. The van der Waals surface area contributed by atoms with Crippen LogP contribution in [0.2, 0.25) is 0 Å². The number of anilines is 1. The number of carbonyl (C=O) groups excluding carboxylic acids is 1. The number of thioether (sulfide) groups is 1. The second kappa shape index (κ2) is 6.25. The summed E-state index contributed by atoms with van der Waals surface area (Å²) < 4.78 is 0. The Balaban J connectivity index is 2.12. The maximum Gasteiger partial charge on any atom is 0.227 e. The molecule has 1 aliphatic heterocycles. The van der Waals surface area contributed by atoms with Crippen LogP contribution in [0.3, 0.4) is 0 Å². The zero-order valence-electron chi connectivity index (χ0n) is 10.8. The predicted octanol–water partition coefficient (Wildman–Crippen LogP) is 2.50. The van der Waals surface area contributed by atoms with Gasteiger partial charge in [0.15, 0.2) is 0 Å². The summed E-state index contributed by atoms with van der Waals surface area (Å²) in [6.45, 7) is 3.48. The highest BCUT2D eigenvalue weighted by molar-refractivity contribution is 7.99. The van der Waals surface area contributed by atoms with Gasteiger partial charge in [0.25, 0.3) is 0 Å². The summed E-state index contributed by atoms with van der Waals surface area (Å²) in [5.41, 5.74) is 6.74. The van der Waals surface area contributed by atoms with Crippen molar-refractivity contribution in [2.45, 2.75) is 24.7 Å².